The Kier molecular flexibility index (Phi) is 5.49. The van der Waals surface area contributed by atoms with E-state index in [1.54, 1.807) is 12.1 Å². The van der Waals surface area contributed by atoms with Crippen molar-refractivity contribution >= 4 is 22.7 Å². The van der Waals surface area contributed by atoms with Crippen molar-refractivity contribution in [1.29, 1.82) is 0 Å². The van der Waals surface area contributed by atoms with E-state index in [9.17, 15) is 14.7 Å². The Bertz CT molecular complexity index is 730. The molecule has 2 rings (SSSR count). The van der Waals surface area contributed by atoms with Crippen LogP contribution in [-0.2, 0) is 14.3 Å². The maximum Gasteiger partial charge on any atom is 0.338 e. The Morgan fingerprint density at radius 1 is 1.09 bits per heavy atom. The molecule has 1 atom stereocenters. The van der Waals surface area contributed by atoms with Crippen LogP contribution in [0, 0.1) is 0 Å². The quantitative estimate of drug-likeness (QED) is 0.655. The zero-order chi connectivity index (χ0) is 16.8. The van der Waals surface area contributed by atoms with Crippen LogP contribution >= 0.6 is 0 Å². The summed E-state index contributed by atoms with van der Waals surface area (Å²) in [6, 6.07) is 12.8. The first kappa shape index (κ1) is 16.7. The van der Waals surface area contributed by atoms with Crippen LogP contribution in [-0.4, -0.2) is 36.4 Å². The fourth-order valence-electron chi connectivity index (χ4n) is 2.00. The van der Waals surface area contributed by atoms with Crippen molar-refractivity contribution in [2.45, 2.75) is 13.0 Å². The number of rotatable bonds is 6. The third-order valence-electron chi connectivity index (χ3n) is 3.17. The topological polar surface area (TPSA) is 72.8 Å². The summed E-state index contributed by atoms with van der Waals surface area (Å²) in [5, 5.41) is 11.4. The minimum absolute atomic E-state index is 0.241. The number of benzene rings is 2. The van der Waals surface area contributed by atoms with Crippen LogP contribution in [0.2, 0.25) is 0 Å². The van der Waals surface area contributed by atoms with E-state index in [0.717, 1.165) is 10.8 Å². The molecule has 1 N–H and O–H groups in total. The van der Waals surface area contributed by atoms with Crippen LogP contribution in [0.15, 0.2) is 54.6 Å². The summed E-state index contributed by atoms with van der Waals surface area (Å²) in [6.45, 7) is 4.43. The summed E-state index contributed by atoms with van der Waals surface area (Å²) in [4.78, 5) is 23.4. The Morgan fingerprint density at radius 2 is 1.74 bits per heavy atom. The lowest BCUT2D eigenvalue weighted by Gasteiger charge is -2.12. The molecule has 2 aromatic carbocycles. The van der Waals surface area contributed by atoms with Crippen LogP contribution in [0.5, 0.6) is 0 Å². The first-order chi connectivity index (χ1) is 11.0. The summed E-state index contributed by atoms with van der Waals surface area (Å²) in [5.41, 5.74) is 0.666. The van der Waals surface area contributed by atoms with Crippen LogP contribution in [0.1, 0.15) is 17.3 Å². The third-order valence-corrected chi connectivity index (χ3v) is 3.17. The molecule has 0 saturated carbocycles. The number of esters is 2. The Balaban J connectivity index is 1.94. The number of aliphatic hydroxyl groups is 1. The van der Waals surface area contributed by atoms with Crippen molar-refractivity contribution in [3.05, 3.63) is 60.2 Å². The summed E-state index contributed by atoms with van der Waals surface area (Å²) < 4.78 is 9.88. The Morgan fingerprint density at radius 3 is 2.48 bits per heavy atom. The molecule has 0 spiro atoms. The van der Waals surface area contributed by atoms with E-state index >= 15 is 0 Å². The summed E-state index contributed by atoms with van der Waals surface area (Å²) in [7, 11) is 0. The van der Waals surface area contributed by atoms with E-state index < -0.39 is 18.0 Å². The van der Waals surface area contributed by atoms with Crippen molar-refractivity contribution in [2.24, 2.45) is 0 Å². The second kappa shape index (κ2) is 7.56. The molecule has 0 amide bonds. The number of carbonyl (C=O) groups excluding carboxylic acids is 2. The number of aliphatic hydroxyl groups excluding tert-OH is 1. The Labute approximate surface area is 134 Å². The maximum absolute atomic E-state index is 12.2. The fraction of sp³-hybridized carbons (Fsp3) is 0.222. The number of hydrogen-bond acceptors (Lipinski definition) is 5. The van der Waals surface area contributed by atoms with Gasteiger partial charge < -0.3 is 14.6 Å². The lowest BCUT2D eigenvalue weighted by Crippen LogP contribution is -2.25. The summed E-state index contributed by atoms with van der Waals surface area (Å²) >= 11 is 0. The molecule has 23 heavy (non-hydrogen) atoms. The molecular formula is C18H18O5. The van der Waals surface area contributed by atoms with Crippen molar-refractivity contribution in [2.75, 3.05) is 13.2 Å². The SMILES string of the molecule is C=C(C)C(=O)OCC(O)COC(=O)c1cccc2ccccc12. The third kappa shape index (κ3) is 4.40. The van der Waals surface area contributed by atoms with Gasteiger partial charge in [-0.1, -0.05) is 43.0 Å². The molecule has 0 saturated heterocycles. The molecule has 0 heterocycles. The highest BCUT2D eigenvalue weighted by Crippen LogP contribution is 2.19. The number of fused-ring (bicyclic) bond motifs is 1. The van der Waals surface area contributed by atoms with Crippen LogP contribution in [0.4, 0.5) is 0 Å². The molecule has 2 aromatic rings. The number of hydrogen-bond donors (Lipinski definition) is 1. The standard InChI is InChI=1S/C18H18O5/c1-12(2)17(20)22-10-14(19)11-23-18(21)16-9-5-7-13-6-3-4-8-15(13)16/h3-9,14,19H,1,10-11H2,2H3. The molecule has 5 heteroatoms. The molecule has 120 valence electrons. The minimum Gasteiger partial charge on any atom is -0.459 e. The monoisotopic (exact) mass is 314 g/mol. The average Bonchev–Trinajstić information content (AvgIpc) is 2.56. The van der Waals surface area contributed by atoms with E-state index in [-0.39, 0.29) is 18.8 Å². The normalized spacial score (nSPS) is 11.7. The van der Waals surface area contributed by atoms with Gasteiger partial charge in [-0.2, -0.15) is 0 Å². The van der Waals surface area contributed by atoms with Crippen LogP contribution < -0.4 is 0 Å². The molecule has 5 nitrogen and oxygen atoms in total. The zero-order valence-electron chi connectivity index (χ0n) is 12.8. The molecule has 0 bridgehead atoms. The van der Waals surface area contributed by atoms with E-state index in [0.29, 0.717) is 5.56 Å². The van der Waals surface area contributed by atoms with Crippen molar-refractivity contribution in [1.82, 2.24) is 0 Å². The fourth-order valence-corrected chi connectivity index (χ4v) is 2.00. The van der Waals surface area contributed by atoms with Gasteiger partial charge in [-0.15, -0.1) is 0 Å². The van der Waals surface area contributed by atoms with Crippen LogP contribution in [0.25, 0.3) is 10.8 Å². The predicted octanol–water partition coefficient (Wildman–Crippen LogP) is 2.48. The second-order valence-electron chi connectivity index (χ2n) is 5.16. The van der Waals surface area contributed by atoms with Crippen molar-refractivity contribution in [3.8, 4) is 0 Å². The zero-order valence-corrected chi connectivity index (χ0v) is 12.8. The van der Waals surface area contributed by atoms with E-state index in [4.69, 9.17) is 9.47 Å². The van der Waals surface area contributed by atoms with Gasteiger partial charge in [-0.05, 0) is 23.8 Å². The smallest absolute Gasteiger partial charge is 0.338 e. The van der Waals surface area contributed by atoms with E-state index in [2.05, 4.69) is 6.58 Å². The molecule has 0 radical (unpaired) electrons. The highest BCUT2D eigenvalue weighted by atomic mass is 16.6. The summed E-state index contributed by atoms with van der Waals surface area (Å²) in [6.07, 6.45) is -1.09. The molecule has 0 fully saturated rings. The van der Waals surface area contributed by atoms with Gasteiger partial charge in [0.2, 0.25) is 0 Å². The van der Waals surface area contributed by atoms with E-state index in [1.807, 2.05) is 30.3 Å². The Hall–Kier alpha value is -2.66. The second-order valence-corrected chi connectivity index (χ2v) is 5.16. The van der Waals surface area contributed by atoms with Gasteiger partial charge in [0.05, 0.1) is 5.56 Å². The highest BCUT2D eigenvalue weighted by Gasteiger charge is 2.15. The largest absolute Gasteiger partial charge is 0.459 e. The first-order valence-electron chi connectivity index (χ1n) is 7.14. The number of carbonyl (C=O) groups is 2. The molecule has 0 aliphatic rings. The van der Waals surface area contributed by atoms with Gasteiger partial charge >= 0.3 is 11.9 Å². The average molecular weight is 314 g/mol. The lowest BCUT2D eigenvalue weighted by atomic mass is 10.1. The van der Waals surface area contributed by atoms with Gasteiger partial charge in [-0.25, -0.2) is 9.59 Å². The van der Waals surface area contributed by atoms with Gasteiger partial charge in [-0.3, -0.25) is 0 Å². The van der Waals surface area contributed by atoms with Gasteiger partial charge in [0.1, 0.15) is 19.3 Å². The molecular weight excluding hydrogens is 296 g/mol. The maximum atomic E-state index is 12.2. The number of ether oxygens (including phenoxy) is 2. The molecule has 1 unspecified atom stereocenters. The van der Waals surface area contributed by atoms with E-state index in [1.165, 1.54) is 6.92 Å². The highest BCUT2D eigenvalue weighted by molar-refractivity contribution is 6.04. The molecule has 0 aliphatic carbocycles. The van der Waals surface area contributed by atoms with Gasteiger partial charge in [0.15, 0.2) is 0 Å². The van der Waals surface area contributed by atoms with Gasteiger partial charge in [0.25, 0.3) is 0 Å². The molecule has 0 aromatic heterocycles. The van der Waals surface area contributed by atoms with Crippen molar-refractivity contribution in [3.63, 3.8) is 0 Å². The minimum atomic E-state index is -1.09. The lowest BCUT2D eigenvalue weighted by molar-refractivity contribution is -0.142. The molecule has 0 aliphatic heterocycles. The first-order valence-corrected chi connectivity index (χ1v) is 7.14. The summed E-state index contributed by atoms with van der Waals surface area (Å²) in [5.74, 6) is -1.13. The van der Waals surface area contributed by atoms with Gasteiger partial charge in [0, 0.05) is 5.57 Å². The van der Waals surface area contributed by atoms with Crippen molar-refractivity contribution < 1.29 is 24.2 Å². The predicted molar refractivity (Wildman–Crippen MR) is 86.0 cm³/mol. The van der Waals surface area contributed by atoms with Crippen LogP contribution in [0.3, 0.4) is 0 Å².